The van der Waals surface area contributed by atoms with Crippen molar-refractivity contribution in [3.63, 3.8) is 0 Å². The van der Waals surface area contributed by atoms with Crippen LogP contribution in [0.3, 0.4) is 0 Å². The standard InChI is InChI=1S/C14H26N2O2/c1-2-11-5-8-15-12(9-11)13(17)16-10-14(18)6-3-4-7-14/h11-12,15,18H,2-10H2,1H3,(H,16,17). The number of carbonyl (C=O) groups excluding carboxylic acids is 1. The molecule has 3 N–H and O–H groups in total. The van der Waals surface area contributed by atoms with E-state index in [9.17, 15) is 9.90 Å². The van der Waals surface area contributed by atoms with Crippen LogP contribution >= 0.6 is 0 Å². The van der Waals surface area contributed by atoms with Gasteiger partial charge in [0, 0.05) is 6.54 Å². The van der Waals surface area contributed by atoms with Gasteiger partial charge in [-0.2, -0.15) is 0 Å². The number of piperidine rings is 1. The molecule has 18 heavy (non-hydrogen) atoms. The molecular weight excluding hydrogens is 228 g/mol. The van der Waals surface area contributed by atoms with Crippen molar-refractivity contribution in [1.29, 1.82) is 0 Å². The second-order valence-corrected chi connectivity index (χ2v) is 5.95. The van der Waals surface area contributed by atoms with Gasteiger partial charge in [0.2, 0.25) is 5.91 Å². The second-order valence-electron chi connectivity index (χ2n) is 5.95. The van der Waals surface area contributed by atoms with Crippen molar-refractivity contribution in [2.75, 3.05) is 13.1 Å². The zero-order valence-electron chi connectivity index (χ0n) is 11.4. The maximum atomic E-state index is 12.1. The summed E-state index contributed by atoms with van der Waals surface area (Å²) in [5, 5.41) is 16.4. The van der Waals surface area contributed by atoms with Gasteiger partial charge in [-0.15, -0.1) is 0 Å². The van der Waals surface area contributed by atoms with E-state index >= 15 is 0 Å². The molecule has 0 bridgehead atoms. The maximum Gasteiger partial charge on any atom is 0.237 e. The Morgan fingerprint density at radius 3 is 2.83 bits per heavy atom. The van der Waals surface area contributed by atoms with Crippen molar-refractivity contribution in [1.82, 2.24) is 10.6 Å². The Balaban J connectivity index is 1.77. The largest absolute Gasteiger partial charge is 0.388 e. The molecule has 1 saturated heterocycles. The fourth-order valence-electron chi connectivity index (χ4n) is 3.15. The first-order chi connectivity index (χ1) is 8.63. The van der Waals surface area contributed by atoms with Gasteiger partial charge in [0.15, 0.2) is 0 Å². The van der Waals surface area contributed by atoms with Gasteiger partial charge in [-0.3, -0.25) is 4.79 Å². The molecule has 4 nitrogen and oxygen atoms in total. The normalized spacial score (nSPS) is 31.2. The summed E-state index contributed by atoms with van der Waals surface area (Å²) in [6.45, 7) is 3.54. The number of nitrogens with one attached hydrogen (secondary N) is 2. The number of hydrogen-bond acceptors (Lipinski definition) is 3. The van der Waals surface area contributed by atoms with E-state index in [1.54, 1.807) is 0 Å². The average Bonchev–Trinajstić information content (AvgIpc) is 2.83. The Bertz CT molecular complexity index is 288. The summed E-state index contributed by atoms with van der Waals surface area (Å²) in [7, 11) is 0. The molecule has 1 aliphatic carbocycles. The molecule has 104 valence electrons. The molecule has 2 aliphatic rings. The Labute approximate surface area is 110 Å². The van der Waals surface area contributed by atoms with Gasteiger partial charge >= 0.3 is 0 Å². The van der Waals surface area contributed by atoms with E-state index in [4.69, 9.17) is 0 Å². The number of hydrogen-bond donors (Lipinski definition) is 3. The Kier molecular flexibility index (Phi) is 4.62. The van der Waals surface area contributed by atoms with Crippen molar-refractivity contribution in [3.8, 4) is 0 Å². The fraction of sp³-hybridized carbons (Fsp3) is 0.929. The molecule has 1 aliphatic heterocycles. The monoisotopic (exact) mass is 254 g/mol. The molecule has 0 aromatic heterocycles. The molecule has 2 fully saturated rings. The molecule has 0 aromatic carbocycles. The molecule has 1 heterocycles. The highest BCUT2D eigenvalue weighted by atomic mass is 16.3. The van der Waals surface area contributed by atoms with Crippen LogP contribution in [0.1, 0.15) is 51.9 Å². The highest BCUT2D eigenvalue weighted by Crippen LogP contribution is 2.28. The average molecular weight is 254 g/mol. The SMILES string of the molecule is CCC1CCNC(C(=O)NCC2(O)CCCC2)C1. The molecule has 0 radical (unpaired) electrons. The highest BCUT2D eigenvalue weighted by Gasteiger charge is 2.33. The minimum atomic E-state index is -0.644. The second kappa shape index (κ2) is 6.02. The van der Waals surface area contributed by atoms with Crippen molar-refractivity contribution in [2.24, 2.45) is 5.92 Å². The molecule has 2 atom stereocenters. The third-order valence-corrected chi connectivity index (χ3v) is 4.53. The third-order valence-electron chi connectivity index (χ3n) is 4.53. The molecular formula is C14H26N2O2. The van der Waals surface area contributed by atoms with E-state index in [1.807, 2.05) is 0 Å². The summed E-state index contributed by atoms with van der Waals surface area (Å²) >= 11 is 0. The van der Waals surface area contributed by atoms with E-state index in [-0.39, 0.29) is 11.9 Å². The number of amides is 1. The molecule has 2 unspecified atom stereocenters. The first-order valence-corrected chi connectivity index (χ1v) is 7.36. The highest BCUT2D eigenvalue weighted by molar-refractivity contribution is 5.81. The van der Waals surface area contributed by atoms with E-state index in [1.165, 1.54) is 6.42 Å². The van der Waals surface area contributed by atoms with Crippen molar-refractivity contribution in [2.45, 2.75) is 63.5 Å². The molecule has 4 heteroatoms. The fourth-order valence-corrected chi connectivity index (χ4v) is 3.15. The van der Waals surface area contributed by atoms with Gasteiger partial charge < -0.3 is 15.7 Å². The number of rotatable bonds is 4. The van der Waals surface area contributed by atoms with E-state index < -0.39 is 5.60 Å². The van der Waals surface area contributed by atoms with Gasteiger partial charge in [-0.25, -0.2) is 0 Å². The van der Waals surface area contributed by atoms with Gasteiger partial charge in [0.1, 0.15) is 0 Å². The molecule has 0 spiro atoms. The lowest BCUT2D eigenvalue weighted by molar-refractivity contribution is -0.125. The van der Waals surface area contributed by atoms with Gasteiger partial charge in [0.25, 0.3) is 0 Å². The van der Waals surface area contributed by atoms with E-state index in [2.05, 4.69) is 17.6 Å². The van der Waals surface area contributed by atoms with Crippen molar-refractivity contribution >= 4 is 5.91 Å². The lowest BCUT2D eigenvalue weighted by atomic mass is 9.90. The first-order valence-electron chi connectivity index (χ1n) is 7.36. The minimum absolute atomic E-state index is 0.0614. The molecule has 1 amide bonds. The Hall–Kier alpha value is -0.610. The van der Waals surface area contributed by atoms with Crippen LogP contribution in [-0.2, 0) is 4.79 Å². The van der Waals surface area contributed by atoms with Crippen LogP contribution in [0.2, 0.25) is 0 Å². The summed E-state index contributed by atoms with van der Waals surface area (Å²) < 4.78 is 0. The summed E-state index contributed by atoms with van der Waals surface area (Å²) in [5.41, 5.74) is -0.644. The lowest BCUT2D eigenvalue weighted by Crippen LogP contribution is -2.51. The van der Waals surface area contributed by atoms with Crippen LogP contribution in [-0.4, -0.2) is 35.7 Å². The zero-order valence-corrected chi connectivity index (χ0v) is 11.4. The lowest BCUT2D eigenvalue weighted by Gasteiger charge is -2.30. The smallest absolute Gasteiger partial charge is 0.237 e. The van der Waals surface area contributed by atoms with Crippen LogP contribution in [0.5, 0.6) is 0 Å². The summed E-state index contributed by atoms with van der Waals surface area (Å²) in [4.78, 5) is 12.1. The topological polar surface area (TPSA) is 61.4 Å². The predicted molar refractivity (Wildman–Crippen MR) is 71.2 cm³/mol. The van der Waals surface area contributed by atoms with E-state index in [0.717, 1.165) is 45.1 Å². The van der Waals surface area contributed by atoms with Crippen LogP contribution in [0.25, 0.3) is 0 Å². The molecule has 2 rings (SSSR count). The van der Waals surface area contributed by atoms with Crippen LogP contribution in [0, 0.1) is 5.92 Å². The summed E-state index contributed by atoms with van der Waals surface area (Å²) in [6, 6.07) is -0.0614. The summed E-state index contributed by atoms with van der Waals surface area (Å²) in [5.74, 6) is 0.727. The van der Waals surface area contributed by atoms with Crippen LogP contribution in [0.4, 0.5) is 0 Å². The van der Waals surface area contributed by atoms with Gasteiger partial charge in [-0.05, 0) is 38.1 Å². The van der Waals surface area contributed by atoms with Crippen molar-refractivity contribution < 1.29 is 9.90 Å². The van der Waals surface area contributed by atoms with Gasteiger partial charge in [-0.1, -0.05) is 26.2 Å². The van der Waals surface area contributed by atoms with Crippen LogP contribution < -0.4 is 10.6 Å². The maximum absolute atomic E-state index is 12.1. The zero-order chi connectivity index (χ0) is 13.0. The quantitative estimate of drug-likeness (QED) is 0.706. The van der Waals surface area contributed by atoms with Crippen molar-refractivity contribution in [3.05, 3.63) is 0 Å². The predicted octanol–water partition coefficient (Wildman–Crippen LogP) is 1.19. The third kappa shape index (κ3) is 3.45. The molecule has 1 saturated carbocycles. The molecule has 0 aromatic rings. The minimum Gasteiger partial charge on any atom is -0.388 e. The Morgan fingerprint density at radius 1 is 1.44 bits per heavy atom. The first kappa shape index (κ1) is 13.8. The summed E-state index contributed by atoms with van der Waals surface area (Å²) in [6.07, 6.45) is 7.05. The Morgan fingerprint density at radius 2 is 2.17 bits per heavy atom. The number of aliphatic hydroxyl groups is 1. The van der Waals surface area contributed by atoms with Gasteiger partial charge in [0.05, 0.1) is 11.6 Å². The van der Waals surface area contributed by atoms with Crippen LogP contribution in [0.15, 0.2) is 0 Å². The van der Waals surface area contributed by atoms with E-state index in [0.29, 0.717) is 12.5 Å². The number of carbonyl (C=O) groups is 1.